The monoisotopic (exact) mass is 206 g/mol. The van der Waals surface area contributed by atoms with E-state index in [1.165, 1.54) is 18.3 Å². The van der Waals surface area contributed by atoms with Crippen molar-refractivity contribution in [3.63, 3.8) is 0 Å². The molecule has 2 rings (SSSR count). The highest BCUT2D eigenvalue weighted by Gasteiger charge is 2.37. The maximum Gasteiger partial charge on any atom is 0.323 e. The number of carboxylic acid groups (broad SMARTS) is 1. The number of rotatable bonds is 2. The minimum Gasteiger partial charge on any atom is -0.480 e. The van der Waals surface area contributed by atoms with E-state index in [-0.39, 0.29) is 11.3 Å². The maximum atomic E-state index is 11.5. The Kier molecular flexibility index (Phi) is 1.96. The van der Waals surface area contributed by atoms with Gasteiger partial charge in [-0.15, -0.1) is 0 Å². The Morgan fingerprint density at radius 1 is 1.40 bits per heavy atom. The molecule has 1 aromatic rings. The zero-order valence-corrected chi connectivity index (χ0v) is 7.51. The number of aromatic nitrogens is 1. The molecule has 2 heterocycles. The molecule has 0 unspecified atom stereocenters. The molecule has 0 atom stereocenters. The molecule has 15 heavy (non-hydrogen) atoms. The summed E-state index contributed by atoms with van der Waals surface area (Å²) in [5, 5.41) is 8.52. The van der Waals surface area contributed by atoms with Gasteiger partial charge in [-0.25, -0.2) is 0 Å². The molecule has 0 aliphatic carbocycles. The fourth-order valence-corrected chi connectivity index (χ4v) is 1.39. The number of imide groups is 1. The van der Waals surface area contributed by atoms with Crippen LogP contribution in [0.1, 0.15) is 20.8 Å². The van der Waals surface area contributed by atoms with E-state index >= 15 is 0 Å². The van der Waals surface area contributed by atoms with Crippen LogP contribution in [0.3, 0.4) is 0 Å². The molecule has 76 valence electrons. The second-order valence-corrected chi connectivity index (χ2v) is 2.99. The molecular weight excluding hydrogens is 200 g/mol. The van der Waals surface area contributed by atoms with Gasteiger partial charge in [0.25, 0.3) is 11.8 Å². The summed E-state index contributed by atoms with van der Waals surface area (Å²) < 4.78 is 0. The molecule has 1 aliphatic rings. The minimum absolute atomic E-state index is 0.0174. The van der Waals surface area contributed by atoms with E-state index in [0.29, 0.717) is 4.90 Å². The summed E-state index contributed by atoms with van der Waals surface area (Å²) in [5.74, 6) is -2.49. The van der Waals surface area contributed by atoms with Crippen LogP contribution in [0, 0.1) is 0 Å². The standard InChI is InChI=1S/C9H6N2O4/c12-6(13)4-11-8(14)5-2-1-3-10-7(5)9(11)15/h1-3H,4H2,(H,12,13). The van der Waals surface area contributed by atoms with Gasteiger partial charge in [0, 0.05) is 6.20 Å². The molecule has 1 aliphatic heterocycles. The number of hydrogen-bond acceptors (Lipinski definition) is 4. The van der Waals surface area contributed by atoms with Crippen LogP contribution in [0.2, 0.25) is 0 Å². The van der Waals surface area contributed by atoms with Gasteiger partial charge in [-0.1, -0.05) is 0 Å². The first-order valence-electron chi connectivity index (χ1n) is 4.14. The first kappa shape index (κ1) is 9.32. The van der Waals surface area contributed by atoms with Gasteiger partial charge in [0.05, 0.1) is 5.56 Å². The van der Waals surface area contributed by atoms with Crippen molar-refractivity contribution in [1.29, 1.82) is 0 Å². The highest BCUT2D eigenvalue weighted by molar-refractivity contribution is 6.21. The Bertz CT molecular complexity index is 434. The topological polar surface area (TPSA) is 87.6 Å². The van der Waals surface area contributed by atoms with E-state index < -0.39 is 24.3 Å². The van der Waals surface area contributed by atoms with Gasteiger partial charge in [0.15, 0.2) is 0 Å². The minimum atomic E-state index is -1.23. The van der Waals surface area contributed by atoms with Gasteiger partial charge < -0.3 is 5.11 Å². The third-order valence-electron chi connectivity index (χ3n) is 2.02. The first-order valence-corrected chi connectivity index (χ1v) is 4.14. The predicted octanol–water partition coefficient (Wildman–Crippen LogP) is -0.238. The van der Waals surface area contributed by atoms with Crippen molar-refractivity contribution in [2.24, 2.45) is 0 Å². The zero-order valence-electron chi connectivity index (χ0n) is 7.51. The molecule has 0 aromatic carbocycles. The summed E-state index contributed by atoms with van der Waals surface area (Å²) in [7, 11) is 0. The van der Waals surface area contributed by atoms with Crippen molar-refractivity contribution in [3.8, 4) is 0 Å². The summed E-state index contributed by atoms with van der Waals surface area (Å²) in [6.45, 7) is -0.631. The summed E-state index contributed by atoms with van der Waals surface area (Å²) in [6.07, 6.45) is 1.38. The smallest absolute Gasteiger partial charge is 0.323 e. The third kappa shape index (κ3) is 1.35. The van der Waals surface area contributed by atoms with Crippen LogP contribution in [0.15, 0.2) is 18.3 Å². The summed E-state index contributed by atoms with van der Waals surface area (Å²) in [5.41, 5.74) is 0.174. The summed E-state index contributed by atoms with van der Waals surface area (Å²) in [6, 6.07) is 2.97. The molecule has 1 N–H and O–H groups in total. The molecular formula is C9H6N2O4. The molecule has 1 aromatic heterocycles. The van der Waals surface area contributed by atoms with Crippen molar-refractivity contribution in [1.82, 2.24) is 9.88 Å². The largest absolute Gasteiger partial charge is 0.480 e. The molecule has 0 radical (unpaired) electrons. The second kappa shape index (κ2) is 3.16. The van der Waals surface area contributed by atoms with Crippen LogP contribution in [0.5, 0.6) is 0 Å². The lowest BCUT2D eigenvalue weighted by molar-refractivity contribution is -0.137. The average Bonchev–Trinajstić information content (AvgIpc) is 2.44. The number of fused-ring (bicyclic) bond motifs is 1. The third-order valence-corrected chi connectivity index (χ3v) is 2.02. The zero-order chi connectivity index (χ0) is 11.0. The number of carboxylic acids is 1. The van der Waals surface area contributed by atoms with Gasteiger partial charge >= 0.3 is 5.97 Å². The predicted molar refractivity (Wildman–Crippen MR) is 47.2 cm³/mol. The Morgan fingerprint density at radius 3 is 2.73 bits per heavy atom. The number of amides is 2. The van der Waals surface area contributed by atoms with E-state index in [9.17, 15) is 14.4 Å². The lowest BCUT2D eigenvalue weighted by atomic mass is 10.2. The molecule has 6 heteroatoms. The highest BCUT2D eigenvalue weighted by atomic mass is 16.4. The number of pyridine rings is 1. The number of carbonyl (C=O) groups excluding carboxylic acids is 2. The van der Waals surface area contributed by atoms with Crippen LogP contribution in [0.4, 0.5) is 0 Å². The first-order chi connectivity index (χ1) is 7.11. The molecule has 0 bridgehead atoms. The maximum absolute atomic E-state index is 11.5. The Hall–Kier alpha value is -2.24. The second-order valence-electron chi connectivity index (χ2n) is 2.99. The van der Waals surface area contributed by atoms with Crippen molar-refractivity contribution in [3.05, 3.63) is 29.6 Å². The van der Waals surface area contributed by atoms with Crippen LogP contribution >= 0.6 is 0 Å². The highest BCUT2D eigenvalue weighted by Crippen LogP contribution is 2.19. The average molecular weight is 206 g/mol. The van der Waals surface area contributed by atoms with Gasteiger partial charge in [-0.05, 0) is 12.1 Å². The Morgan fingerprint density at radius 2 is 2.13 bits per heavy atom. The fourth-order valence-electron chi connectivity index (χ4n) is 1.39. The molecule has 0 fully saturated rings. The number of aliphatic carboxylic acids is 1. The number of nitrogens with zero attached hydrogens (tertiary/aromatic N) is 2. The van der Waals surface area contributed by atoms with Crippen LogP contribution < -0.4 is 0 Å². The number of hydrogen-bond donors (Lipinski definition) is 1. The fraction of sp³-hybridized carbons (Fsp3) is 0.111. The van der Waals surface area contributed by atoms with Crippen LogP contribution in [-0.4, -0.2) is 39.3 Å². The van der Waals surface area contributed by atoms with Gasteiger partial charge in [0.2, 0.25) is 0 Å². The summed E-state index contributed by atoms with van der Waals surface area (Å²) in [4.78, 5) is 37.9. The molecule has 2 amide bonds. The lowest BCUT2D eigenvalue weighted by Crippen LogP contribution is -2.34. The normalized spacial score (nSPS) is 14.3. The van der Waals surface area contributed by atoms with Crippen molar-refractivity contribution in [2.45, 2.75) is 0 Å². The van der Waals surface area contributed by atoms with Crippen molar-refractivity contribution < 1.29 is 19.5 Å². The SMILES string of the molecule is O=C(O)CN1C(=O)c2cccnc2C1=O. The van der Waals surface area contributed by atoms with Crippen molar-refractivity contribution in [2.75, 3.05) is 6.54 Å². The van der Waals surface area contributed by atoms with Crippen LogP contribution in [-0.2, 0) is 4.79 Å². The van der Waals surface area contributed by atoms with E-state index in [0.717, 1.165) is 0 Å². The molecule has 6 nitrogen and oxygen atoms in total. The van der Waals surface area contributed by atoms with Gasteiger partial charge in [-0.3, -0.25) is 24.3 Å². The Labute approximate surface area is 84.1 Å². The number of carbonyl (C=O) groups is 3. The lowest BCUT2D eigenvalue weighted by Gasteiger charge is -2.08. The van der Waals surface area contributed by atoms with E-state index in [2.05, 4.69) is 4.98 Å². The Balaban J connectivity index is 2.41. The molecule has 0 saturated heterocycles. The van der Waals surface area contributed by atoms with Crippen LogP contribution in [0.25, 0.3) is 0 Å². The van der Waals surface area contributed by atoms with Crippen molar-refractivity contribution >= 4 is 17.8 Å². The quantitative estimate of drug-likeness (QED) is 0.675. The van der Waals surface area contributed by atoms with E-state index in [4.69, 9.17) is 5.11 Å². The molecule has 0 spiro atoms. The van der Waals surface area contributed by atoms with Gasteiger partial charge in [-0.2, -0.15) is 0 Å². The van der Waals surface area contributed by atoms with Gasteiger partial charge in [0.1, 0.15) is 12.2 Å². The van der Waals surface area contributed by atoms with E-state index in [1.807, 2.05) is 0 Å². The summed E-state index contributed by atoms with van der Waals surface area (Å²) >= 11 is 0. The van der Waals surface area contributed by atoms with E-state index in [1.54, 1.807) is 0 Å². The molecule has 0 saturated carbocycles.